The Morgan fingerprint density at radius 2 is 1.85 bits per heavy atom. The normalized spacial score (nSPS) is 31.0. The predicted molar refractivity (Wildman–Crippen MR) is 249 cm³/mol. The van der Waals surface area contributed by atoms with Crippen molar-refractivity contribution in [2.75, 3.05) is 33.9 Å². The van der Waals surface area contributed by atoms with Gasteiger partial charge in [0.25, 0.3) is 0 Å². The minimum atomic E-state index is -1.23. The predicted octanol–water partition coefficient (Wildman–Crippen LogP) is 7.27. The van der Waals surface area contributed by atoms with Crippen LogP contribution in [0, 0.1) is 23.2 Å². The van der Waals surface area contributed by atoms with E-state index in [0.29, 0.717) is 82.9 Å². The number of aldehydes is 1. The highest BCUT2D eigenvalue weighted by molar-refractivity contribution is 5.74. The van der Waals surface area contributed by atoms with Crippen LogP contribution in [0.15, 0.2) is 113 Å². The molecule has 0 aromatic heterocycles. The van der Waals surface area contributed by atoms with Crippen LogP contribution in [0.2, 0.25) is 0 Å². The van der Waals surface area contributed by atoms with Crippen LogP contribution in [0.4, 0.5) is 0 Å². The first-order valence-corrected chi connectivity index (χ1v) is 23.0. The largest absolute Gasteiger partial charge is 0.396 e. The Labute approximate surface area is 371 Å². The third-order valence-electron chi connectivity index (χ3n) is 14.7. The molecule has 1 heterocycles. The molecule has 9 heteroatoms. The summed E-state index contributed by atoms with van der Waals surface area (Å²) in [5, 5.41) is 65.9. The van der Waals surface area contributed by atoms with Crippen molar-refractivity contribution in [3.05, 3.63) is 130 Å². The smallest absolute Gasteiger partial charge is 0.145 e. The monoisotopic (exact) mass is 853 g/mol. The molecule has 9 atom stereocenters. The number of aliphatic hydroxyl groups excluding tert-OH is 4. The standard InChI is InChI=1S/C53H76N2O7/c1-37(43-22-20-38(2)50(60)55-51(4,29-32-62-6)35-42-17-11-16-41(33-42)34-43)13-10-18-45(48(58)23-21-40-14-8-7-9-15-40)46-25-27-53(49(46)59)47(19-12-31-56)44(39(3)36-57)24-26-52(53,61)28-30-54-5/h7-11,13-18,20,33,36,43,46-50,54-56,58-61H,1,12,19,21-32,34-35H2,2-6H3. The van der Waals surface area contributed by atoms with Crippen LogP contribution in [0.3, 0.4) is 0 Å². The van der Waals surface area contributed by atoms with Crippen molar-refractivity contribution in [2.24, 2.45) is 23.2 Å². The number of rotatable bonds is 18. The van der Waals surface area contributed by atoms with Gasteiger partial charge >= 0.3 is 0 Å². The van der Waals surface area contributed by atoms with Crippen molar-refractivity contribution in [3.63, 3.8) is 0 Å². The molecule has 5 rings (SSSR count). The number of nitrogens with one attached hydrogen (secondary N) is 2. The summed E-state index contributed by atoms with van der Waals surface area (Å²) in [4.78, 5) is 12.3. The number of aliphatic hydroxyl groups is 5. The van der Waals surface area contributed by atoms with E-state index in [0.717, 1.165) is 53.4 Å². The molecule has 7 N–H and O–H groups in total. The fraction of sp³-hybridized carbons (Fsp3) is 0.566. The van der Waals surface area contributed by atoms with Gasteiger partial charge in [-0.25, -0.2) is 0 Å². The zero-order chi connectivity index (χ0) is 44.9. The summed E-state index contributed by atoms with van der Waals surface area (Å²) in [5.41, 5.74) is 5.01. The van der Waals surface area contributed by atoms with E-state index in [9.17, 15) is 30.3 Å². The van der Waals surface area contributed by atoms with Crippen LogP contribution in [0.5, 0.6) is 0 Å². The average Bonchev–Trinajstić information content (AvgIpc) is 3.61. The van der Waals surface area contributed by atoms with Gasteiger partial charge in [-0.1, -0.05) is 96.6 Å². The van der Waals surface area contributed by atoms with E-state index in [-0.39, 0.29) is 24.0 Å². The van der Waals surface area contributed by atoms with Gasteiger partial charge in [0, 0.05) is 37.2 Å². The van der Waals surface area contributed by atoms with Gasteiger partial charge in [-0.15, -0.1) is 0 Å². The number of fused-ring (bicyclic) bond motifs is 2. The van der Waals surface area contributed by atoms with Crippen molar-refractivity contribution in [2.45, 2.75) is 134 Å². The van der Waals surface area contributed by atoms with Crippen molar-refractivity contribution in [1.82, 2.24) is 10.6 Å². The van der Waals surface area contributed by atoms with E-state index < -0.39 is 35.4 Å². The molecular weight excluding hydrogens is 777 g/mol. The first-order valence-electron chi connectivity index (χ1n) is 23.0. The van der Waals surface area contributed by atoms with Crippen LogP contribution in [-0.2, 0) is 28.8 Å². The fourth-order valence-corrected chi connectivity index (χ4v) is 11.0. The number of allylic oxidation sites excluding steroid dienone is 7. The molecule has 2 aliphatic carbocycles. The first-order chi connectivity index (χ1) is 29.7. The van der Waals surface area contributed by atoms with Crippen molar-refractivity contribution in [3.8, 4) is 0 Å². The third-order valence-corrected chi connectivity index (χ3v) is 14.7. The van der Waals surface area contributed by atoms with E-state index >= 15 is 0 Å². The van der Waals surface area contributed by atoms with Gasteiger partial charge in [0.15, 0.2) is 0 Å². The van der Waals surface area contributed by atoms with E-state index in [1.165, 1.54) is 11.1 Å². The maximum absolute atomic E-state index is 12.9. The van der Waals surface area contributed by atoms with E-state index in [2.05, 4.69) is 66.6 Å². The maximum Gasteiger partial charge on any atom is 0.145 e. The minimum absolute atomic E-state index is 0.0277. The van der Waals surface area contributed by atoms with E-state index in [4.69, 9.17) is 4.74 Å². The second-order valence-electron chi connectivity index (χ2n) is 18.8. The van der Waals surface area contributed by atoms with E-state index in [1.54, 1.807) is 7.11 Å². The Morgan fingerprint density at radius 3 is 2.56 bits per heavy atom. The molecule has 3 aliphatic rings. The van der Waals surface area contributed by atoms with Gasteiger partial charge in [0.1, 0.15) is 12.5 Å². The summed E-state index contributed by atoms with van der Waals surface area (Å²) in [6, 6.07) is 18.8. The SMILES string of the molecule is C=C(C=CC=C(C(O)CCc1ccccc1)C1CCC2(C(CCCO)C(=C(C)C=O)CCC2(O)CCNC)C1O)C1CC=C(C)C(O)NC(C)(CCOC)Cc2cccc(c2)C1. The second kappa shape index (κ2) is 22.9. The molecule has 9 unspecified atom stereocenters. The van der Waals surface area contributed by atoms with Gasteiger partial charge in [-0.05, 0) is 163 Å². The molecule has 0 amide bonds. The highest BCUT2D eigenvalue weighted by Crippen LogP contribution is 2.64. The summed E-state index contributed by atoms with van der Waals surface area (Å²) < 4.78 is 5.43. The van der Waals surface area contributed by atoms with Gasteiger partial charge in [0.05, 0.1) is 17.8 Å². The number of benzene rings is 2. The Morgan fingerprint density at radius 1 is 1.10 bits per heavy atom. The number of ether oxygens (including phenoxy) is 1. The lowest BCUT2D eigenvalue weighted by Gasteiger charge is -2.57. The van der Waals surface area contributed by atoms with Crippen LogP contribution >= 0.6 is 0 Å². The fourth-order valence-electron chi connectivity index (χ4n) is 11.0. The number of hydrogen-bond donors (Lipinski definition) is 7. The molecule has 2 bridgehead atoms. The molecular formula is C53H76N2O7. The van der Waals surface area contributed by atoms with Gasteiger partial charge in [-0.2, -0.15) is 0 Å². The molecule has 2 fully saturated rings. The van der Waals surface area contributed by atoms with Crippen molar-refractivity contribution >= 4 is 6.29 Å². The minimum Gasteiger partial charge on any atom is -0.396 e. The van der Waals surface area contributed by atoms with Gasteiger partial charge in [-0.3, -0.25) is 10.1 Å². The number of methoxy groups -OCH3 is 1. The van der Waals surface area contributed by atoms with Gasteiger partial charge in [0.2, 0.25) is 0 Å². The van der Waals surface area contributed by atoms with E-state index in [1.807, 2.05) is 57.3 Å². The van der Waals surface area contributed by atoms with Crippen molar-refractivity contribution < 1.29 is 35.1 Å². The molecule has 9 nitrogen and oxygen atoms in total. The zero-order valence-electron chi connectivity index (χ0n) is 38.1. The Hall–Kier alpha value is -3.51. The summed E-state index contributed by atoms with van der Waals surface area (Å²) >= 11 is 0. The lowest BCUT2D eigenvalue weighted by Crippen LogP contribution is -2.61. The third kappa shape index (κ3) is 11.8. The summed E-state index contributed by atoms with van der Waals surface area (Å²) in [7, 11) is 3.56. The molecule has 2 aromatic rings. The maximum atomic E-state index is 12.9. The number of aryl methyl sites for hydroxylation is 1. The van der Waals surface area contributed by atoms with Crippen LogP contribution in [0.25, 0.3) is 0 Å². The highest BCUT2D eigenvalue weighted by Gasteiger charge is 2.65. The summed E-state index contributed by atoms with van der Waals surface area (Å²) in [6.45, 7) is 11.6. The van der Waals surface area contributed by atoms with Crippen molar-refractivity contribution in [1.29, 1.82) is 0 Å². The Bertz CT molecular complexity index is 1910. The summed E-state index contributed by atoms with van der Waals surface area (Å²) in [6.07, 6.45) is 13.8. The molecule has 340 valence electrons. The Kier molecular flexibility index (Phi) is 18.3. The average molecular weight is 853 g/mol. The molecule has 1 aliphatic heterocycles. The molecule has 1 spiro atoms. The highest BCUT2D eigenvalue weighted by atomic mass is 16.5. The zero-order valence-corrected chi connectivity index (χ0v) is 38.1. The molecule has 2 saturated carbocycles. The van der Waals surface area contributed by atoms with Gasteiger partial charge < -0.3 is 35.6 Å². The molecule has 0 radical (unpaired) electrons. The van der Waals surface area contributed by atoms with Crippen LogP contribution < -0.4 is 10.6 Å². The molecule has 62 heavy (non-hydrogen) atoms. The van der Waals surface area contributed by atoms with Crippen LogP contribution in [0.1, 0.15) is 102 Å². The second-order valence-corrected chi connectivity index (χ2v) is 18.8. The van der Waals surface area contributed by atoms with Crippen LogP contribution in [-0.4, -0.2) is 95.3 Å². The quantitative estimate of drug-likeness (QED) is 0.0356. The summed E-state index contributed by atoms with van der Waals surface area (Å²) in [5.74, 6) is -0.728. The number of hydrogen-bond acceptors (Lipinski definition) is 9. The molecule has 2 aromatic carbocycles. The first kappa shape index (κ1) is 49.5. The lowest BCUT2D eigenvalue weighted by atomic mass is 9.51. The lowest BCUT2D eigenvalue weighted by molar-refractivity contribution is -0.181. The number of carbonyl (C=O) groups excluding carboxylic acids is 1. The topological polar surface area (TPSA) is 152 Å². The molecule has 0 saturated heterocycles. The Balaban J connectivity index is 1.51. The number of carbonyl (C=O) groups is 1.